The number of piperidine rings is 1. The first-order chi connectivity index (χ1) is 10.0. The summed E-state index contributed by atoms with van der Waals surface area (Å²) in [6, 6.07) is 4.35. The zero-order valence-electron chi connectivity index (χ0n) is 12.3. The van der Waals surface area contributed by atoms with E-state index in [-0.39, 0.29) is 17.3 Å². The largest absolute Gasteiger partial charge is 0.496 e. The molecule has 0 aromatic heterocycles. The number of carboxylic acids is 1. The fourth-order valence-corrected chi connectivity index (χ4v) is 2.52. The molecule has 114 valence electrons. The number of carbonyl (C=O) groups excluding carboxylic acids is 1. The maximum absolute atomic E-state index is 12.2. The van der Waals surface area contributed by atoms with Gasteiger partial charge in [-0.1, -0.05) is 6.92 Å². The summed E-state index contributed by atoms with van der Waals surface area (Å²) >= 11 is 0. The maximum Gasteiger partial charge on any atom is 0.339 e. The van der Waals surface area contributed by atoms with Crippen LogP contribution in [0.15, 0.2) is 18.2 Å². The number of rotatable bonds is 3. The molecule has 1 aliphatic heterocycles. The molecule has 2 N–H and O–H groups in total. The van der Waals surface area contributed by atoms with Gasteiger partial charge in [0, 0.05) is 24.8 Å². The van der Waals surface area contributed by atoms with Gasteiger partial charge >= 0.3 is 12.0 Å². The summed E-state index contributed by atoms with van der Waals surface area (Å²) in [6.07, 6.45) is 2.15. The van der Waals surface area contributed by atoms with Crippen LogP contribution >= 0.6 is 0 Å². The average molecular weight is 292 g/mol. The fraction of sp³-hybridized carbons (Fsp3) is 0.467. The molecule has 0 radical (unpaired) electrons. The van der Waals surface area contributed by atoms with Crippen LogP contribution in [0.4, 0.5) is 10.5 Å². The van der Waals surface area contributed by atoms with Crippen molar-refractivity contribution in [1.29, 1.82) is 0 Å². The third-order valence-electron chi connectivity index (χ3n) is 3.63. The first-order valence-corrected chi connectivity index (χ1v) is 6.98. The number of amides is 2. The molecule has 0 spiro atoms. The summed E-state index contributed by atoms with van der Waals surface area (Å²) in [4.78, 5) is 25.0. The molecule has 2 amide bonds. The lowest BCUT2D eigenvalue weighted by Gasteiger charge is -2.31. The summed E-state index contributed by atoms with van der Waals surface area (Å²) in [6.45, 7) is 3.63. The lowest BCUT2D eigenvalue weighted by atomic mass is 10.0. The zero-order chi connectivity index (χ0) is 15.4. The van der Waals surface area contributed by atoms with Crippen LogP contribution in [0, 0.1) is 5.92 Å². The molecule has 1 aromatic carbocycles. The highest BCUT2D eigenvalue weighted by Gasteiger charge is 2.21. The highest BCUT2D eigenvalue weighted by molar-refractivity contribution is 5.94. The van der Waals surface area contributed by atoms with E-state index in [1.807, 2.05) is 0 Å². The Hall–Kier alpha value is -2.24. The first-order valence-electron chi connectivity index (χ1n) is 6.98. The second kappa shape index (κ2) is 6.47. The molecule has 1 atom stereocenters. The second-order valence-corrected chi connectivity index (χ2v) is 5.34. The first kappa shape index (κ1) is 15.2. The van der Waals surface area contributed by atoms with Crippen LogP contribution < -0.4 is 10.1 Å². The number of likely N-dealkylation sites (tertiary alicyclic amines) is 1. The summed E-state index contributed by atoms with van der Waals surface area (Å²) in [5, 5.41) is 11.8. The number of benzene rings is 1. The van der Waals surface area contributed by atoms with Crippen molar-refractivity contribution in [1.82, 2.24) is 4.90 Å². The molecule has 1 heterocycles. The Morgan fingerprint density at radius 1 is 1.43 bits per heavy atom. The molecule has 1 aliphatic rings. The van der Waals surface area contributed by atoms with E-state index in [0.717, 1.165) is 25.9 Å². The van der Waals surface area contributed by atoms with E-state index in [1.165, 1.54) is 19.2 Å². The van der Waals surface area contributed by atoms with E-state index >= 15 is 0 Å². The van der Waals surface area contributed by atoms with E-state index in [4.69, 9.17) is 9.84 Å². The van der Waals surface area contributed by atoms with Crippen LogP contribution in [-0.4, -0.2) is 42.2 Å². The highest BCUT2D eigenvalue weighted by atomic mass is 16.5. The lowest BCUT2D eigenvalue weighted by Crippen LogP contribution is -2.41. The number of nitrogens with zero attached hydrogens (tertiary/aromatic N) is 1. The third kappa shape index (κ3) is 3.65. The molecular weight excluding hydrogens is 272 g/mol. The number of ether oxygens (including phenoxy) is 1. The van der Waals surface area contributed by atoms with Crippen LogP contribution in [0.3, 0.4) is 0 Å². The van der Waals surface area contributed by atoms with E-state index in [1.54, 1.807) is 11.0 Å². The molecule has 0 bridgehead atoms. The Bertz CT molecular complexity index is 544. The van der Waals surface area contributed by atoms with Gasteiger partial charge in [0.15, 0.2) is 0 Å². The number of hydrogen-bond donors (Lipinski definition) is 2. The minimum atomic E-state index is -1.06. The molecule has 6 heteroatoms. The van der Waals surface area contributed by atoms with Crippen LogP contribution in [-0.2, 0) is 0 Å². The monoisotopic (exact) mass is 292 g/mol. The maximum atomic E-state index is 12.2. The standard InChI is InChI=1S/C15H20N2O4/c1-10-4-3-7-17(9-10)15(20)16-11-5-6-12(14(18)19)13(8-11)21-2/h5-6,8,10H,3-4,7,9H2,1-2H3,(H,16,20)(H,18,19). The zero-order valence-corrected chi connectivity index (χ0v) is 12.3. The Balaban J connectivity index is 2.08. The van der Waals surface area contributed by atoms with Gasteiger partial charge in [0.05, 0.1) is 7.11 Å². The van der Waals surface area contributed by atoms with E-state index in [9.17, 15) is 9.59 Å². The average Bonchev–Trinajstić information content (AvgIpc) is 2.46. The lowest BCUT2D eigenvalue weighted by molar-refractivity contribution is 0.0693. The molecule has 0 aliphatic carbocycles. The van der Waals surface area contributed by atoms with Gasteiger partial charge < -0.3 is 20.1 Å². The quantitative estimate of drug-likeness (QED) is 0.897. The molecular formula is C15H20N2O4. The molecule has 2 rings (SSSR count). The number of hydrogen-bond acceptors (Lipinski definition) is 3. The van der Waals surface area contributed by atoms with E-state index in [2.05, 4.69) is 12.2 Å². The molecule has 1 aromatic rings. The van der Waals surface area contributed by atoms with Crippen molar-refractivity contribution in [3.8, 4) is 5.75 Å². The van der Waals surface area contributed by atoms with Gasteiger partial charge in [-0.05, 0) is 30.9 Å². The van der Waals surface area contributed by atoms with Crippen LogP contribution in [0.2, 0.25) is 0 Å². The van der Waals surface area contributed by atoms with Gasteiger partial charge in [0.1, 0.15) is 11.3 Å². The summed E-state index contributed by atoms with van der Waals surface area (Å²) in [5.41, 5.74) is 0.599. The number of aromatic carboxylic acids is 1. The third-order valence-corrected chi connectivity index (χ3v) is 3.63. The number of nitrogens with one attached hydrogen (secondary N) is 1. The van der Waals surface area contributed by atoms with Crippen molar-refractivity contribution in [3.63, 3.8) is 0 Å². The van der Waals surface area contributed by atoms with Crippen LogP contribution in [0.1, 0.15) is 30.1 Å². The Kier molecular flexibility index (Phi) is 4.67. The van der Waals surface area contributed by atoms with Crippen molar-refractivity contribution in [2.75, 3.05) is 25.5 Å². The number of urea groups is 1. The number of anilines is 1. The minimum Gasteiger partial charge on any atom is -0.496 e. The molecule has 1 unspecified atom stereocenters. The van der Waals surface area contributed by atoms with Gasteiger partial charge in [0.2, 0.25) is 0 Å². The smallest absolute Gasteiger partial charge is 0.339 e. The number of methoxy groups -OCH3 is 1. The van der Waals surface area contributed by atoms with Crippen molar-refractivity contribution in [2.45, 2.75) is 19.8 Å². The van der Waals surface area contributed by atoms with Crippen molar-refractivity contribution < 1.29 is 19.4 Å². The number of carbonyl (C=O) groups is 2. The summed E-state index contributed by atoms with van der Waals surface area (Å²) < 4.78 is 5.05. The highest BCUT2D eigenvalue weighted by Crippen LogP contribution is 2.24. The van der Waals surface area contributed by atoms with Gasteiger partial charge in [-0.25, -0.2) is 9.59 Å². The Labute approximate surface area is 123 Å². The van der Waals surface area contributed by atoms with Crippen molar-refractivity contribution in [2.24, 2.45) is 5.92 Å². The molecule has 6 nitrogen and oxygen atoms in total. The Morgan fingerprint density at radius 3 is 2.81 bits per heavy atom. The van der Waals surface area contributed by atoms with Gasteiger partial charge in [-0.3, -0.25) is 0 Å². The van der Waals surface area contributed by atoms with Gasteiger partial charge in [-0.2, -0.15) is 0 Å². The second-order valence-electron chi connectivity index (χ2n) is 5.34. The Morgan fingerprint density at radius 2 is 2.19 bits per heavy atom. The minimum absolute atomic E-state index is 0.0714. The normalized spacial score (nSPS) is 18.2. The number of carboxylic acid groups (broad SMARTS) is 1. The molecule has 1 fully saturated rings. The molecule has 0 saturated carbocycles. The predicted molar refractivity (Wildman–Crippen MR) is 78.9 cm³/mol. The van der Waals surface area contributed by atoms with Gasteiger partial charge in [0.25, 0.3) is 0 Å². The van der Waals surface area contributed by atoms with Crippen molar-refractivity contribution >= 4 is 17.7 Å². The van der Waals surface area contributed by atoms with Crippen molar-refractivity contribution in [3.05, 3.63) is 23.8 Å². The fourth-order valence-electron chi connectivity index (χ4n) is 2.52. The van der Waals surface area contributed by atoms with Gasteiger partial charge in [-0.15, -0.1) is 0 Å². The molecule has 21 heavy (non-hydrogen) atoms. The van der Waals surface area contributed by atoms with E-state index in [0.29, 0.717) is 11.6 Å². The van der Waals surface area contributed by atoms with Crippen LogP contribution in [0.25, 0.3) is 0 Å². The topological polar surface area (TPSA) is 78.9 Å². The van der Waals surface area contributed by atoms with E-state index < -0.39 is 5.97 Å². The summed E-state index contributed by atoms with van der Waals surface area (Å²) in [7, 11) is 1.40. The summed E-state index contributed by atoms with van der Waals surface area (Å²) in [5.74, 6) is -0.324. The van der Waals surface area contributed by atoms with Crippen LogP contribution in [0.5, 0.6) is 5.75 Å². The predicted octanol–water partition coefficient (Wildman–Crippen LogP) is 2.66. The SMILES string of the molecule is COc1cc(NC(=O)N2CCCC(C)C2)ccc1C(=O)O. The molecule has 1 saturated heterocycles.